The van der Waals surface area contributed by atoms with Crippen LogP contribution in [0.15, 0.2) is 35.5 Å². The first-order valence-corrected chi connectivity index (χ1v) is 6.59. The Labute approximate surface area is 130 Å². The molecule has 9 nitrogen and oxygen atoms in total. The van der Waals surface area contributed by atoms with E-state index in [-0.39, 0.29) is 23.4 Å². The summed E-state index contributed by atoms with van der Waals surface area (Å²) in [5, 5.41) is 21.7. The van der Waals surface area contributed by atoms with Crippen LogP contribution in [-0.2, 0) is 6.54 Å². The maximum Gasteiger partial charge on any atom is 0.281 e. The molecule has 108 valence electrons. The molecule has 0 saturated carbocycles. The molecule has 0 N–H and O–H groups in total. The lowest BCUT2D eigenvalue weighted by Gasteiger charge is -2.06. The van der Waals surface area contributed by atoms with Crippen molar-refractivity contribution in [2.45, 2.75) is 6.54 Å². The Hall–Kier alpha value is -2.37. The van der Waals surface area contributed by atoms with Crippen LogP contribution in [0.4, 0.5) is 11.4 Å². The van der Waals surface area contributed by atoms with Crippen LogP contribution in [0.1, 0.15) is 5.56 Å². The van der Waals surface area contributed by atoms with Gasteiger partial charge in [-0.25, -0.2) is 4.98 Å². The second kappa shape index (κ2) is 5.95. The van der Waals surface area contributed by atoms with Gasteiger partial charge in [-0.1, -0.05) is 0 Å². The van der Waals surface area contributed by atoms with E-state index in [1.807, 2.05) is 22.6 Å². The molecule has 0 radical (unpaired) electrons. The average molecular weight is 402 g/mol. The maximum atomic E-state index is 11.9. The van der Waals surface area contributed by atoms with Gasteiger partial charge in [0.1, 0.15) is 0 Å². The monoisotopic (exact) mass is 402 g/mol. The third-order valence-corrected chi connectivity index (χ3v) is 3.42. The molecule has 0 aliphatic carbocycles. The van der Waals surface area contributed by atoms with E-state index in [0.717, 1.165) is 12.1 Å². The lowest BCUT2D eigenvalue weighted by atomic mass is 10.1. The first-order chi connectivity index (χ1) is 9.90. The predicted molar refractivity (Wildman–Crippen MR) is 80.1 cm³/mol. The van der Waals surface area contributed by atoms with Gasteiger partial charge in [0.2, 0.25) is 0 Å². The number of nitro groups is 2. The van der Waals surface area contributed by atoms with Crippen LogP contribution < -0.4 is 5.56 Å². The predicted octanol–water partition coefficient (Wildman–Crippen LogP) is 1.71. The largest absolute Gasteiger partial charge is 0.294 e. The van der Waals surface area contributed by atoms with Gasteiger partial charge in [-0.3, -0.25) is 29.6 Å². The van der Waals surface area contributed by atoms with Gasteiger partial charge < -0.3 is 0 Å². The summed E-state index contributed by atoms with van der Waals surface area (Å²) in [6.45, 7) is -0.0863. The van der Waals surface area contributed by atoms with E-state index in [2.05, 4.69) is 4.98 Å². The van der Waals surface area contributed by atoms with Crippen molar-refractivity contribution in [1.82, 2.24) is 9.55 Å². The molecule has 0 aliphatic rings. The number of non-ortho nitro benzene ring substituents is 1. The Morgan fingerprint density at radius 1 is 1.24 bits per heavy atom. The zero-order chi connectivity index (χ0) is 15.6. The summed E-state index contributed by atoms with van der Waals surface area (Å²) in [7, 11) is 0. The van der Waals surface area contributed by atoms with Gasteiger partial charge in [-0.2, -0.15) is 0 Å². The summed E-state index contributed by atoms with van der Waals surface area (Å²) in [4.78, 5) is 36.0. The lowest BCUT2D eigenvalue weighted by Crippen LogP contribution is -2.23. The first-order valence-electron chi connectivity index (χ1n) is 5.52. The average Bonchev–Trinajstić information content (AvgIpc) is 2.43. The van der Waals surface area contributed by atoms with Crippen LogP contribution in [0, 0.1) is 23.8 Å². The highest BCUT2D eigenvalue weighted by Crippen LogP contribution is 2.25. The van der Waals surface area contributed by atoms with Crippen LogP contribution in [0.2, 0.25) is 0 Å². The highest BCUT2D eigenvalue weighted by atomic mass is 127. The standard InChI is InChI=1S/C11H7IN4O5/c12-9-4-13-6-14(11(9)17)5-7-1-2-8(15(18)19)3-10(7)16(20)21/h1-4,6H,5H2. The molecule has 2 aromatic rings. The van der Waals surface area contributed by atoms with Crippen LogP contribution in [0.25, 0.3) is 0 Å². The molecular weight excluding hydrogens is 395 g/mol. The molecule has 0 bridgehead atoms. The SMILES string of the molecule is O=c1c(I)cncn1Cc1ccc([N+](=O)[O-])cc1[N+](=O)[O-]. The van der Waals surface area contributed by atoms with Crippen molar-refractivity contribution in [1.29, 1.82) is 0 Å². The number of aromatic nitrogens is 2. The molecular formula is C11H7IN4O5. The Bertz CT molecular complexity index is 788. The number of halogens is 1. The number of hydrogen-bond acceptors (Lipinski definition) is 6. The molecule has 0 aliphatic heterocycles. The van der Waals surface area contributed by atoms with Crippen molar-refractivity contribution in [2.24, 2.45) is 0 Å². The van der Waals surface area contributed by atoms with E-state index in [4.69, 9.17) is 0 Å². The van der Waals surface area contributed by atoms with Crippen molar-refractivity contribution in [3.63, 3.8) is 0 Å². The van der Waals surface area contributed by atoms with E-state index < -0.39 is 15.5 Å². The van der Waals surface area contributed by atoms with Gasteiger partial charge in [0.25, 0.3) is 16.9 Å². The fraction of sp³-hybridized carbons (Fsp3) is 0.0909. The fourth-order valence-electron chi connectivity index (χ4n) is 1.69. The molecule has 0 unspecified atom stereocenters. The molecule has 2 rings (SSSR count). The third-order valence-electron chi connectivity index (χ3n) is 2.68. The number of nitrogens with zero attached hydrogens (tertiary/aromatic N) is 4. The summed E-state index contributed by atoms with van der Waals surface area (Å²) in [6, 6.07) is 3.30. The topological polar surface area (TPSA) is 121 Å². The van der Waals surface area contributed by atoms with Crippen LogP contribution in [0.5, 0.6) is 0 Å². The molecule has 21 heavy (non-hydrogen) atoms. The smallest absolute Gasteiger partial charge is 0.281 e. The van der Waals surface area contributed by atoms with Crippen molar-refractivity contribution >= 4 is 34.0 Å². The van der Waals surface area contributed by atoms with Crippen molar-refractivity contribution in [3.05, 3.63) is 70.4 Å². The molecule has 10 heteroatoms. The maximum absolute atomic E-state index is 11.9. The Balaban J connectivity index is 2.49. The van der Waals surface area contributed by atoms with E-state index in [9.17, 15) is 25.0 Å². The highest BCUT2D eigenvalue weighted by Gasteiger charge is 2.19. The first kappa shape index (κ1) is 15.0. The minimum Gasteiger partial charge on any atom is -0.294 e. The van der Waals surface area contributed by atoms with E-state index in [1.165, 1.54) is 23.2 Å². The summed E-state index contributed by atoms with van der Waals surface area (Å²) in [5.74, 6) is 0. The second-order valence-corrected chi connectivity index (χ2v) is 5.16. The summed E-state index contributed by atoms with van der Waals surface area (Å²) >= 11 is 1.81. The van der Waals surface area contributed by atoms with Gasteiger partial charge >= 0.3 is 0 Å². The van der Waals surface area contributed by atoms with Gasteiger partial charge in [0.05, 0.1) is 37.9 Å². The number of hydrogen-bond donors (Lipinski definition) is 0. The minimum atomic E-state index is -0.714. The molecule has 1 aromatic carbocycles. The molecule has 1 aromatic heterocycles. The van der Waals surface area contributed by atoms with Crippen LogP contribution >= 0.6 is 22.6 Å². The second-order valence-electron chi connectivity index (χ2n) is 4.00. The van der Waals surface area contributed by atoms with Gasteiger partial charge in [-0.05, 0) is 28.7 Å². The zero-order valence-electron chi connectivity index (χ0n) is 10.3. The van der Waals surface area contributed by atoms with E-state index >= 15 is 0 Å². The number of benzene rings is 1. The van der Waals surface area contributed by atoms with E-state index in [1.54, 1.807) is 0 Å². The number of rotatable bonds is 4. The molecule has 0 saturated heterocycles. The van der Waals surface area contributed by atoms with Crippen LogP contribution in [-0.4, -0.2) is 19.4 Å². The van der Waals surface area contributed by atoms with Crippen molar-refractivity contribution < 1.29 is 9.85 Å². The normalized spacial score (nSPS) is 10.3. The summed E-state index contributed by atoms with van der Waals surface area (Å²) in [5.41, 5.74) is -0.928. The summed E-state index contributed by atoms with van der Waals surface area (Å²) in [6.07, 6.45) is 2.64. The Kier molecular flexibility index (Phi) is 4.26. The van der Waals surface area contributed by atoms with E-state index in [0.29, 0.717) is 3.57 Å². The quantitative estimate of drug-likeness (QED) is 0.436. The van der Waals surface area contributed by atoms with Crippen molar-refractivity contribution in [2.75, 3.05) is 0 Å². The highest BCUT2D eigenvalue weighted by molar-refractivity contribution is 14.1. The molecule has 1 heterocycles. The lowest BCUT2D eigenvalue weighted by molar-refractivity contribution is -0.394. The van der Waals surface area contributed by atoms with Gasteiger partial charge in [0.15, 0.2) is 0 Å². The molecule has 0 fully saturated rings. The minimum absolute atomic E-state index is 0.0863. The van der Waals surface area contributed by atoms with Gasteiger partial charge in [0, 0.05) is 12.3 Å². The summed E-state index contributed by atoms with van der Waals surface area (Å²) < 4.78 is 1.58. The number of nitro benzene ring substituents is 2. The molecule has 0 spiro atoms. The van der Waals surface area contributed by atoms with Gasteiger partial charge in [-0.15, -0.1) is 0 Å². The van der Waals surface area contributed by atoms with Crippen molar-refractivity contribution in [3.8, 4) is 0 Å². The molecule has 0 atom stereocenters. The Morgan fingerprint density at radius 3 is 2.57 bits per heavy atom. The van der Waals surface area contributed by atoms with Crippen LogP contribution in [0.3, 0.4) is 0 Å². The Morgan fingerprint density at radius 2 is 1.95 bits per heavy atom. The third kappa shape index (κ3) is 3.21. The fourth-order valence-corrected chi connectivity index (χ4v) is 2.16. The molecule has 0 amide bonds. The zero-order valence-corrected chi connectivity index (χ0v) is 12.5.